The molecular formula is C21H20N4O. The van der Waals surface area contributed by atoms with E-state index < -0.39 is 0 Å². The number of rotatable bonds is 5. The molecule has 1 heterocycles. The molecule has 26 heavy (non-hydrogen) atoms. The number of nitrogens with one attached hydrogen (secondary N) is 2. The van der Waals surface area contributed by atoms with Gasteiger partial charge in [-0.25, -0.2) is 5.43 Å². The van der Waals surface area contributed by atoms with E-state index >= 15 is 0 Å². The van der Waals surface area contributed by atoms with Crippen molar-refractivity contribution in [1.29, 1.82) is 0 Å². The van der Waals surface area contributed by atoms with Crippen LogP contribution in [0.3, 0.4) is 0 Å². The number of hydrazone groups is 1. The number of nitrogens with zero attached hydrogens (tertiary/aromatic N) is 2. The third kappa shape index (κ3) is 4.13. The van der Waals surface area contributed by atoms with Crippen LogP contribution >= 0.6 is 0 Å². The van der Waals surface area contributed by atoms with E-state index in [1.165, 1.54) is 0 Å². The van der Waals surface area contributed by atoms with Gasteiger partial charge in [-0.1, -0.05) is 66.7 Å². The third-order valence-corrected chi connectivity index (χ3v) is 3.91. The van der Waals surface area contributed by atoms with Gasteiger partial charge in [-0.05, 0) is 25.0 Å². The largest absolute Gasteiger partial charge is 0.289 e. The van der Waals surface area contributed by atoms with Gasteiger partial charge >= 0.3 is 0 Å². The highest BCUT2D eigenvalue weighted by atomic mass is 16.2. The molecule has 0 fully saturated rings. The van der Waals surface area contributed by atoms with E-state index in [-0.39, 0.29) is 5.91 Å². The van der Waals surface area contributed by atoms with Gasteiger partial charge in [-0.3, -0.25) is 9.89 Å². The van der Waals surface area contributed by atoms with Crippen molar-refractivity contribution in [2.24, 2.45) is 5.10 Å². The molecule has 0 radical (unpaired) electrons. The van der Waals surface area contributed by atoms with Crippen LogP contribution in [0, 0.1) is 6.92 Å². The average Bonchev–Trinajstić information content (AvgIpc) is 3.04. The first-order valence-corrected chi connectivity index (χ1v) is 8.32. The topological polar surface area (TPSA) is 70.1 Å². The number of hydrogen-bond acceptors (Lipinski definition) is 3. The quantitative estimate of drug-likeness (QED) is 0.538. The minimum absolute atomic E-state index is 0.319. The Bertz CT molecular complexity index is 941. The smallest absolute Gasteiger partial charge is 0.272 e. The summed E-state index contributed by atoms with van der Waals surface area (Å²) >= 11 is 0. The number of aromatic amines is 1. The van der Waals surface area contributed by atoms with Gasteiger partial charge in [0.15, 0.2) is 0 Å². The summed E-state index contributed by atoms with van der Waals surface area (Å²) in [4.78, 5) is 12.3. The van der Waals surface area contributed by atoms with Crippen molar-refractivity contribution in [3.8, 4) is 11.3 Å². The first-order chi connectivity index (χ1) is 12.6. The predicted octanol–water partition coefficient (Wildman–Crippen LogP) is 4.20. The molecule has 2 N–H and O–H groups in total. The van der Waals surface area contributed by atoms with Crippen LogP contribution in [0.2, 0.25) is 0 Å². The number of benzene rings is 2. The second-order valence-electron chi connectivity index (χ2n) is 5.94. The standard InChI is InChI=1S/C21H20N4O/c1-15(13-17-9-5-3-6-10-17)14-22-25-21(26)20-16(2)19(23-24-20)18-11-7-4-8-12-18/h3-14H,1-2H3,(H,23,24)(H,25,26). The van der Waals surface area contributed by atoms with Crippen molar-refractivity contribution >= 4 is 18.2 Å². The van der Waals surface area contributed by atoms with Gasteiger partial charge in [0.1, 0.15) is 5.69 Å². The molecule has 1 amide bonds. The lowest BCUT2D eigenvalue weighted by atomic mass is 10.1. The molecular weight excluding hydrogens is 324 g/mol. The van der Waals surface area contributed by atoms with E-state index in [1.54, 1.807) is 6.21 Å². The number of allylic oxidation sites excluding steroid dienone is 1. The van der Waals surface area contributed by atoms with Crippen LogP contribution in [-0.2, 0) is 0 Å². The summed E-state index contributed by atoms with van der Waals surface area (Å²) in [6, 6.07) is 19.7. The summed E-state index contributed by atoms with van der Waals surface area (Å²) in [6.07, 6.45) is 3.61. The molecule has 0 atom stereocenters. The van der Waals surface area contributed by atoms with Crippen molar-refractivity contribution < 1.29 is 4.79 Å². The Hall–Kier alpha value is -3.47. The third-order valence-electron chi connectivity index (χ3n) is 3.91. The van der Waals surface area contributed by atoms with Gasteiger partial charge in [0.25, 0.3) is 5.91 Å². The van der Waals surface area contributed by atoms with Crippen LogP contribution in [-0.4, -0.2) is 22.3 Å². The average molecular weight is 344 g/mol. The molecule has 0 unspecified atom stereocenters. The van der Waals surface area contributed by atoms with Crippen molar-refractivity contribution in [2.45, 2.75) is 13.8 Å². The van der Waals surface area contributed by atoms with Crippen molar-refractivity contribution in [1.82, 2.24) is 15.6 Å². The summed E-state index contributed by atoms with van der Waals surface area (Å²) in [6.45, 7) is 3.79. The molecule has 0 spiro atoms. The highest BCUT2D eigenvalue weighted by Gasteiger charge is 2.16. The Morgan fingerprint density at radius 1 is 1.08 bits per heavy atom. The van der Waals surface area contributed by atoms with E-state index in [9.17, 15) is 4.79 Å². The van der Waals surface area contributed by atoms with Gasteiger partial charge in [0.2, 0.25) is 0 Å². The summed E-state index contributed by atoms with van der Waals surface area (Å²) in [5, 5.41) is 11.1. The number of hydrogen-bond donors (Lipinski definition) is 2. The van der Waals surface area contributed by atoms with E-state index in [1.807, 2.05) is 80.6 Å². The molecule has 5 nitrogen and oxygen atoms in total. The van der Waals surface area contributed by atoms with Crippen LogP contribution in [0.5, 0.6) is 0 Å². The molecule has 0 saturated heterocycles. The fourth-order valence-electron chi connectivity index (χ4n) is 2.59. The van der Waals surface area contributed by atoms with Crippen LogP contribution in [0.25, 0.3) is 17.3 Å². The molecule has 0 saturated carbocycles. The maximum Gasteiger partial charge on any atom is 0.289 e. The molecule has 1 aromatic heterocycles. The molecule has 0 bridgehead atoms. The van der Waals surface area contributed by atoms with Crippen LogP contribution in [0.15, 0.2) is 71.3 Å². The molecule has 0 aliphatic heterocycles. The van der Waals surface area contributed by atoms with Crippen molar-refractivity contribution in [3.63, 3.8) is 0 Å². The monoisotopic (exact) mass is 344 g/mol. The first kappa shape index (κ1) is 17.4. The molecule has 0 aliphatic rings. The molecule has 2 aromatic carbocycles. The normalized spacial score (nSPS) is 11.7. The lowest BCUT2D eigenvalue weighted by Crippen LogP contribution is -2.19. The summed E-state index contributed by atoms with van der Waals surface area (Å²) < 4.78 is 0. The first-order valence-electron chi connectivity index (χ1n) is 8.32. The molecule has 0 aliphatic carbocycles. The van der Waals surface area contributed by atoms with Gasteiger partial charge in [-0.15, -0.1) is 0 Å². The second-order valence-corrected chi connectivity index (χ2v) is 5.94. The molecule has 130 valence electrons. The molecule has 5 heteroatoms. The minimum atomic E-state index is -0.319. The number of carbonyl (C=O) groups is 1. The summed E-state index contributed by atoms with van der Waals surface area (Å²) in [5.74, 6) is -0.319. The maximum absolute atomic E-state index is 12.3. The van der Waals surface area contributed by atoms with Crippen molar-refractivity contribution in [3.05, 3.63) is 83.1 Å². The fraction of sp³-hybridized carbons (Fsp3) is 0.0952. The lowest BCUT2D eigenvalue weighted by Gasteiger charge is -2.00. The van der Waals surface area contributed by atoms with E-state index in [4.69, 9.17) is 0 Å². The SMILES string of the molecule is CC(C=NNC(=O)c1[nH]nc(-c2ccccc2)c1C)=Cc1ccccc1. The van der Waals surface area contributed by atoms with E-state index in [0.29, 0.717) is 5.69 Å². The maximum atomic E-state index is 12.3. The van der Waals surface area contributed by atoms with E-state index in [2.05, 4.69) is 20.7 Å². The fourth-order valence-corrected chi connectivity index (χ4v) is 2.59. The zero-order valence-electron chi connectivity index (χ0n) is 14.7. The number of H-pyrrole nitrogens is 1. The second kappa shape index (κ2) is 8.07. The zero-order chi connectivity index (χ0) is 18.4. The Balaban J connectivity index is 1.67. The Morgan fingerprint density at radius 3 is 2.42 bits per heavy atom. The zero-order valence-corrected chi connectivity index (χ0v) is 14.7. The van der Waals surface area contributed by atoms with Crippen LogP contribution < -0.4 is 5.43 Å². The summed E-state index contributed by atoms with van der Waals surface area (Å²) in [5.41, 5.74) is 7.48. The number of amides is 1. The number of carbonyl (C=O) groups excluding carboxylic acids is 1. The number of aromatic nitrogens is 2. The van der Waals surface area contributed by atoms with E-state index in [0.717, 1.165) is 28.0 Å². The van der Waals surface area contributed by atoms with Gasteiger partial charge in [0.05, 0.1) is 11.9 Å². The highest BCUT2D eigenvalue weighted by molar-refractivity contribution is 5.96. The lowest BCUT2D eigenvalue weighted by molar-refractivity contribution is 0.0949. The Labute approximate surface area is 152 Å². The van der Waals surface area contributed by atoms with Crippen LogP contribution in [0.1, 0.15) is 28.5 Å². The molecule has 3 rings (SSSR count). The van der Waals surface area contributed by atoms with Gasteiger partial charge < -0.3 is 0 Å². The molecule has 3 aromatic rings. The Morgan fingerprint density at radius 2 is 1.73 bits per heavy atom. The van der Waals surface area contributed by atoms with Gasteiger partial charge in [-0.2, -0.15) is 10.2 Å². The summed E-state index contributed by atoms with van der Waals surface area (Å²) in [7, 11) is 0. The van der Waals surface area contributed by atoms with Gasteiger partial charge in [0, 0.05) is 11.1 Å². The highest BCUT2D eigenvalue weighted by Crippen LogP contribution is 2.22. The van der Waals surface area contributed by atoms with Crippen molar-refractivity contribution in [2.75, 3.05) is 0 Å². The Kier molecular flexibility index (Phi) is 5.39. The minimum Gasteiger partial charge on any atom is -0.272 e. The predicted molar refractivity (Wildman–Crippen MR) is 105 cm³/mol. The van der Waals surface area contributed by atoms with Crippen LogP contribution in [0.4, 0.5) is 0 Å².